The third-order valence-corrected chi connectivity index (χ3v) is 9.88. The number of halogens is 1. The first-order chi connectivity index (χ1) is 22.1. The van der Waals surface area contributed by atoms with Crippen molar-refractivity contribution >= 4 is 50.2 Å². The van der Waals surface area contributed by atoms with E-state index in [2.05, 4.69) is 46.2 Å². The number of fused-ring (bicyclic) bond motifs is 2. The number of carbonyl (C=O) groups excluding carboxylic acids is 3. The number of rotatable bonds is 8. The van der Waals surface area contributed by atoms with E-state index in [0.717, 1.165) is 42.7 Å². The Morgan fingerprint density at radius 1 is 1.04 bits per heavy atom. The number of likely N-dealkylation sites (tertiary alicyclic amines) is 1. The molecule has 12 nitrogen and oxygen atoms in total. The number of piperidine rings is 1. The van der Waals surface area contributed by atoms with Gasteiger partial charge in [-0.25, -0.2) is 15.0 Å². The minimum atomic E-state index is -0.658. The Morgan fingerprint density at radius 2 is 1.80 bits per heavy atom. The first kappa shape index (κ1) is 30.6. The summed E-state index contributed by atoms with van der Waals surface area (Å²) in [4.78, 5) is 58.0. The summed E-state index contributed by atoms with van der Waals surface area (Å²) in [5.41, 5.74) is 3.29. The van der Waals surface area contributed by atoms with E-state index in [1.165, 1.54) is 6.92 Å². The molecule has 7 rings (SSSR count). The van der Waals surface area contributed by atoms with Gasteiger partial charge in [-0.3, -0.25) is 24.0 Å². The van der Waals surface area contributed by atoms with E-state index in [0.29, 0.717) is 46.8 Å². The van der Waals surface area contributed by atoms with E-state index in [9.17, 15) is 14.4 Å². The van der Waals surface area contributed by atoms with Crippen molar-refractivity contribution < 1.29 is 19.1 Å². The lowest BCUT2D eigenvalue weighted by atomic mass is 9.98. The summed E-state index contributed by atoms with van der Waals surface area (Å²) in [5, 5.41) is 8.25. The molecule has 238 valence electrons. The number of Topliss-reactive ketones (excluding diaryl/α,β-unsaturated/α-hetero) is 1. The van der Waals surface area contributed by atoms with E-state index in [4.69, 9.17) is 4.74 Å². The standard InChI is InChI=1S/C33H35BrN8O4/c1-19-4-7-28(34)37-31(19)38-32(45)26-13-33(18-40-8-10-46-11-9-40)14-27(33)42(26)29(44)17-41-25-6-5-22(23-15-35-21(3)36-16-23)12-24(25)30(39-41)20(2)43/h4-7,12,15-16,26-27H,8-11,13-14,17-18H2,1-3H3,(H,37,38,45)/t26-,27?,33?/m0/s1. The number of aryl methyl sites for hydroxylation is 2. The van der Waals surface area contributed by atoms with Crippen molar-refractivity contribution in [2.24, 2.45) is 5.41 Å². The molecule has 3 atom stereocenters. The molecule has 1 saturated carbocycles. The number of nitrogens with one attached hydrogen (secondary N) is 1. The zero-order valence-electron chi connectivity index (χ0n) is 26.0. The van der Waals surface area contributed by atoms with E-state index < -0.39 is 6.04 Å². The van der Waals surface area contributed by atoms with Gasteiger partial charge < -0.3 is 15.0 Å². The summed E-state index contributed by atoms with van der Waals surface area (Å²) in [5.74, 6) is 0.475. The molecule has 3 aromatic heterocycles. The zero-order chi connectivity index (χ0) is 32.2. The van der Waals surface area contributed by atoms with Crippen LogP contribution in [0.3, 0.4) is 0 Å². The van der Waals surface area contributed by atoms with Gasteiger partial charge >= 0.3 is 0 Å². The molecule has 5 heterocycles. The van der Waals surface area contributed by atoms with Gasteiger partial charge in [-0.1, -0.05) is 12.1 Å². The maximum atomic E-state index is 14.2. The van der Waals surface area contributed by atoms with Crippen LogP contribution in [0, 0.1) is 19.3 Å². The molecule has 2 unspecified atom stereocenters. The second kappa shape index (κ2) is 11.9. The number of carbonyl (C=O) groups is 3. The quantitative estimate of drug-likeness (QED) is 0.217. The Morgan fingerprint density at radius 3 is 2.54 bits per heavy atom. The van der Waals surface area contributed by atoms with E-state index in [-0.39, 0.29) is 41.3 Å². The van der Waals surface area contributed by atoms with Gasteiger partial charge in [-0.15, -0.1) is 0 Å². The fraction of sp³-hybridized carbons (Fsp3) is 0.424. The molecular weight excluding hydrogens is 652 g/mol. The van der Waals surface area contributed by atoms with Gasteiger partial charge in [0.15, 0.2) is 5.78 Å². The first-order valence-electron chi connectivity index (χ1n) is 15.5. The monoisotopic (exact) mass is 686 g/mol. The number of benzene rings is 1. The average molecular weight is 688 g/mol. The molecule has 0 bridgehead atoms. The second-order valence-corrected chi connectivity index (χ2v) is 13.4. The third-order valence-electron chi connectivity index (χ3n) is 9.44. The topological polar surface area (TPSA) is 135 Å². The minimum Gasteiger partial charge on any atom is -0.379 e. The number of amides is 2. The van der Waals surface area contributed by atoms with Crippen molar-refractivity contribution in [3.63, 3.8) is 0 Å². The van der Waals surface area contributed by atoms with E-state index >= 15 is 0 Å². The summed E-state index contributed by atoms with van der Waals surface area (Å²) in [6.45, 7) is 8.94. The van der Waals surface area contributed by atoms with Crippen LogP contribution in [-0.2, 0) is 20.9 Å². The number of hydrogen-bond donors (Lipinski definition) is 1. The molecule has 2 saturated heterocycles. The van der Waals surface area contributed by atoms with Crippen molar-refractivity contribution in [1.82, 2.24) is 34.5 Å². The van der Waals surface area contributed by atoms with Crippen LogP contribution >= 0.6 is 15.9 Å². The minimum absolute atomic E-state index is 0.0580. The largest absolute Gasteiger partial charge is 0.379 e. The molecule has 2 aliphatic heterocycles. The molecule has 2 amide bonds. The molecule has 0 spiro atoms. The van der Waals surface area contributed by atoms with Crippen LogP contribution < -0.4 is 5.32 Å². The lowest BCUT2D eigenvalue weighted by Crippen LogP contribution is -2.47. The van der Waals surface area contributed by atoms with Gasteiger partial charge in [0, 0.05) is 61.4 Å². The number of hydrogen-bond acceptors (Lipinski definition) is 9. The molecule has 46 heavy (non-hydrogen) atoms. The molecular formula is C33H35BrN8O4. The molecule has 1 aliphatic carbocycles. The summed E-state index contributed by atoms with van der Waals surface area (Å²) in [6, 6.07) is 8.66. The summed E-state index contributed by atoms with van der Waals surface area (Å²) in [6.07, 6.45) is 4.90. The van der Waals surface area contributed by atoms with Crippen LogP contribution in [0.1, 0.15) is 41.6 Å². The maximum Gasteiger partial charge on any atom is 0.248 e. The highest BCUT2D eigenvalue weighted by atomic mass is 79.9. The highest BCUT2D eigenvalue weighted by Gasteiger charge is 2.67. The van der Waals surface area contributed by atoms with Crippen molar-refractivity contribution in [1.29, 1.82) is 0 Å². The summed E-state index contributed by atoms with van der Waals surface area (Å²) >= 11 is 3.39. The SMILES string of the molecule is CC(=O)c1nn(CC(=O)N2C3CC3(CN3CCOCC3)C[C@H]2C(=O)Nc2nc(Br)ccc2C)c2ccc(-c3cnc(C)nc3)cc12. The van der Waals surface area contributed by atoms with Crippen LogP contribution in [0.15, 0.2) is 47.3 Å². The first-order valence-corrected chi connectivity index (χ1v) is 16.3. The fourth-order valence-corrected chi connectivity index (χ4v) is 7.28. The van der Waals surface area contributed by atoms with E-state index in [1.807, 2.05) is 44.2 Å². The molecule has 1 aromatic carbocycles. The average Bonchev–Trinajstić information content (AvgIpc) is 3.44. The van der Waals surface area contributed by atoms with Gasteiger partial charge in [0.05, 0.1) is 18.7 Å². The van der Waals surface area contributed by atoms with Crippen LogP contribution in [0.25, 0.3) is 22.0 Å². The van der Waals surface area contributed by atoms with Gasteiger partial charge in [0.25, 0.3) is 0 Å². The second-order valence-electron chi connectivity index (χ2n) is 12.6. The maximum absolute atomic E-state index is 14.2. The zero-order valence-corrected chi connectivity index (χ0v) is 27.6. The lowest BCUT2D eigenvalue weighted by Gasteiger charge is -2.30. The van der Waals surface area contributed by atoms with Crippen LogP contribution in [-0.4, -0.2) is 97.1 Å². The van der Waals surface area contributed by atoms with Gasteiger partial charge in [0.1, 0.15) is 34.5 Å². The number of nitrogens with zero attached hydrogens (tertiary/aromatic N) is 7. The van der Waals surface area contributed by atoms with Gasteiger partial charge in [-0.05, 0) is 71.9 Å². The van der Waals surface area contributed by atoms with Crippen molar-refractivity contribution in [2.75, 3.05) is 38.2 Å². The highest BCUT2D eigenvalue weighted by Crippen LogP contribution is 2.60. The van der Waals surface area contributed by atoms with Crippen LogP contribution in [0.5, 0.6) is 0 Å². The molecule has 3 fully saturated rings. The summed E-state index contributed by atoms with van der Waals surface area (Å²) in [7, 11) is 0. The van der Waals surface area contributed by atoms with E-state index in [1.54, 1.807) is 22.0 Å². The predicted octanol–water partition coefficient (Wildman–Crippen LogP) is 3.80. The van der Waals surface area contributed by atoms with Gasteiger partial charge in [0.2, 0.25) is 11.8 Å². The Labute approximate surface area is 274 Å². The summed E-state index contributed by atoms with van der Waals surface area (Å²) < 4.78 is 7.75. The normalized spacial score (nSPS) is 22.6. The Bertz CT molecular complexity index is 1850. The van der Waals surface area contributed by atoms with Crippen LogP contribution in [0.2, 0.25) is 0 Å². The number of anilines is 1. The van der Waals surface area contributed by atoms with Crippen molar-refractivity contribution in [3.05, 3.63) is 64.4 Å². The Balaban J connectivity index is 1.18. The molecule has 0 radical (unpaired) electrons. The number of morpholine rings is 1. The number of ether oxygens (including phenoxy) is 1. The molecule has 3 aliphatic rings. The van der Waals surface area contributed by atoms with Crippen LogP contribution in [0.4, 0.5) is 5.82 Å². The Kier molecular flexibility index (Phi) is 7.94. The smallest absolute Gasteiger partial charge is 0.248 e. The highest BCUT2D eigenvalue weighted by molar-refractivity contribution is 9.10. The van der Waals surface area contributed by atoms with Crippen molar-refractivity contribution in [3.8, 4) is 11.1 Å². The molecule has 4 aromatic rings. The molecule has 13 heteroatoms. The third kappa shape index (κ3) is 5.71. The number of pyridine rings is 1. The Hall–Kier alpha value is -4.07. The fourth-order valence-electron chi connectivity index (χ4n) is 6.97. The number of aromatic nitrogens is 5. The predicted molar refractivity (Wildman–Crippen MR) is 174 cm³/mol. The van der Waals surface area contributed by atoms with Gasteiger partial charge in [-0.2, -0.15) is 5.10 Å². The molecule has 1 N–H and O–H groups in total. The lowest BCUT2D eigenvalue weighted by molar-refractivity contribution is -0.138. The number of ketones is 1. The van der Waals surface area contributed by atoms with Crippen molar-refractivity contribution in [2.45, 2.75) is 52.2 Å².